The van der Waals surface area contributed by atoms with Crippen LogP contribution in [0.15, 0.2) is 18.2 Å². The molecule has 0 radical (unpaired) electrons. The second kappa shape index (κ2) is 5.27. The summed E-state index contributed by atoms with van der Waals surface area (Å²) in [6.45, 7) is 3.48. The van der Waals surface area contributed by atoms with Crippen molar-refractivity contribution in [3.05, 3.63) is 29.3 Å². The van der Waals surface area contributed by atoms with E-state index in [1.165, 1.54) is 0 Å². The van der Waals surface area contributed by atoms with Crippen LogP contribution in [-0.4, -0.2) is 31.3 Å². The van der Waals surface area contributed by atoms with Gasteiger partial charge in [0.05, 0.1) is 20.2 Å². The predicted molar refractivity (Wildman–Crippen MR) is 67.4 cm³/mol. The molecule has 1 aromatic rings. The van der Waals surface area contributed by atoms with Crippen LogP contribution >= 0.6 is 0 Å². The van der Waals surface area contributed by atoms with Gasteiger partial charge in [-0.15, -0.1) is 0 Å². The lowest BCUT2D eigenvalue weighted by Gasteiger charge is -2.17. The molecule has 1 aliphatic heterocycles. The summed E-state index contributed by atoms with van der Waals surface area (Å²) in [5, 5.41) is 0. The summed E-state index contributed by atoms with van der Waals surface area (Å²) >= 11 is 0. The molecule has 1 heterocycles. The van der Waals surface area contributed by atoms with Crippen LogP contribution in [0.5, 0.6) is 5.75 Å². The SMILES string of the molecule is COc1ccc(C(C)N)cc1CN1CCOC1=O. The molecule has 1 atom stereocenters. The minimum atomic E-state index is -0.275. The molecule has 98 valence electrons. The molecule has 0 aliphatic carbocycles. The summed E-state index contributed by atoms with van der Waals surface area (Å²) in [5.41, 5.74) is 7.84. The summed E-state index contributed by atoms with van der Waals surface area (Å²) in [5.74, 6) is 0.763. The predicted octanol–water partition coefficient (Wildman–Crippen LogP) is 1.67. The molecule has 0 aromatic heterocycles. The quantitative estimate of drug-likeness (QED) is 0.882. The molecule has 0 saturated carbocycles. The third-order valence-electron chi connectivity index (χ3n) is 3.04. The zero-order chi connectivity index (χ0) is 13.1. The highest BCUT2D eigenvalue weighted by atomic mass is 16.6. The van der Waals surface area contributed by atoms with E-state index in [2.05, 4.69) is 0 Å². The Morgan fingerprint density at radius 1 is 1.56 bits per heavy atom. The Morgan fingerprint density at radius 2 is 2.33 bits per heavy atom. The summed E-state index contributed by atoms with van der Waals surface area (Å²) in [4.78, 5) is 13.1. The third kappa shape index (κ3) is 2.56. The van der Waals surface area contributed by atoms with Gasteiger partial charge in [-0.2, -0.15) is 0 Å². The maximum atomic E-state index is 11.4. The van der Waals surface area contributed by atoms with Crippen molar-refractivity contribution < 1.29 is 14.3 Å². The number of hydrogen-bond donors (Lipinski definition) is 1. The number of methoxy groups -OCH3 is 1. The van der Waals surface area contributed by atoms with E-state index in [4.69, 9.17) is 15.2 Å². The largest absolute Gasteiger partial charge is 0.496 e. The van der Waals surface area contributed by atoms with Gasteiger partial charge in [0.1, 0.15) is 12.4 Å². The van der Waals surface area contributed by atoms with Crippen LogP contribution in [0.3, 0.4) is 0 Å². The number of nitrogens with zero attached hydrogens (tertiary/aromatic N) is 1. The minimum Gasteiger partial charge on any atom is -0.496 e. The normalized spacial score (nSPS) is 16.6. The van der Waals surface area contributed by atoms with Gasteiger partial charge in [0.15, 0.2) is 0 Å². The lowest BCUT2D eigenvalue weighted by atomic mass is 10.0. The molecule has 1 saturated heterocycles. The first kappa shape index (κ1) is 12.7. The fourth-order valence-electron chi connectivity index (χ4n) is 1.98. The van der Waals surface area contributed by atoms with Crippen molar-refractivity contribution >= 4 is 6.09 Å². The van der Waals surface area contributed by atoms with Crippen molar-refractivity contribution in [2.24, 2.45) is 5.73 Å². The number of rotatable bonds is 4. The van der Waals surface area contributed by atoms with E-state index in [0.717, 1.165) is 16.9 Å². The van der Waals surface area contributed by atoms with Crippen LogP contribution in [0.1, 0.15) is 24.1 Å². The Kier molecular flexibility index (Phi) is 3.72. The van der Waals surface area contributed by atoms with Crippen LogP contribution in [0.4, 0.5) is 4.79 Å². The first-order chi connectivity index (χ1) is 8.61. The number of nitrogens with two attached hydrogens (primary N) is 1. The number of carbonyl (C=O) groups is 1. The number of hydrogen-bond acceptors (Lipinski definition) is 4. The monoisotopic (exact) mass is 250 g/mol. The number of amides is 1. The Labute approximate surface area is 106 Å². The third-order valence-corrected chi connectivity index (χ3v) is 3.04. The second-order valence-corrected chi connectivity index (χ2v) is 4.40. The van der Waals surface area contributed by atoms with Crippen molar-refractivity contribution in [3.63, 3.8) is 0 Å². The van der Waals surface area contributed by atoms with Crippen LogP contribution in [0.2, 0.25) is 0 Å². The highest BCUT2D eigenvalue weighted by Crippen LogP contribution is 2.24. The molecule has 1 aromatic carbocycles. The van der Waals surface area contributed by atoms with Crippen LogP contribution in [0.25, 0.3) is 0 Å². The zero-order valence-electron chi connectivity index (χ0n) is 10.7. The maximum absolute atomic E-state index is 11.4. The number of ether oxygens (including phenoxy) is 2. The van der Waals surface area contributed by atoms with E-state index in [0.29, 0.717) is 19.7 Å². The van der Waals surface area contributed by atoms with Crippen molar-refractivity contribution in [1.82, 2.24) is 4.90 Å². The van der Waals surface area contributed by atoms with Crippen LogP contribution < -0.4 is 10.5 Å². The van der Waals surface area contributed by atoms with E-state index in [-0.39, 0.29) is 12.1 Å². The average molecular weight is 250 g/mol. The molecular formula is C13H18N2O3. The van der Waals surface area contributed by atoms with E-state index in [9.17, 15) is 4.79 Å². The van der Waals surface area contributed by atoms with Crippen molar-refractivity contribution in [2.45, 2.75) is 19.5 Å². The molecule has 1 amide bonds. The van der Waals surface area contributed by atoms with Gasteiger partial charge < -0.3 is 20.1 Å². The topological polar surface area (TPSA) is 64.8 Å². The molecule has 0 bridgehead atoms. The molecule has 2 rings (SSSR count). The molecule has 5 nitrogen and oxygen atoms in total. The Balaban J connectivity index is 2.23. The lowest BCUT2D eigenvalue weighted by Crippen LogP contribution is -2.24. The van der Waals surface area contributed by atoms with Gasteiger partial charge in [0, 0.05) is 11.6 Å². The average Bonchev–Trinajstić information content (AvgIpc) is 2.75. The Bertz CT molecular complexity index is 446. The van der Waals surface area contributed by atoms with E-state index < -0.39 is 0 Å². The van der Waals surface area contributed by atoms with Gasteiger partial charge in [-0.3, -0.25) is 0 Å². The number of benzene rings is 1. The standard InChI is InChI=1S/C13H18N2O3/c1-9(14)10-3-4-12(17-2)11(7-10)8-15-5-6-18-13(15)16/h3-4,7,9H,5-6,8,14H2,1-2H3. The fourth-order valence-corrected chi connectivity index (χ4v) is 1.98. The van der Waals surface area contributed by atoms with E-state index >= 15 is 0 Å². The first-order valence-electron chi connectivity index (χ1n) is 5.96. The molecule has 18 heavy (non-hydrogen) atoms. The minimum absolute atomic E-state index is 0.0415. The van der Waals surface area contributed by atoms with Gasteiger partial charge in [0.25, 0.3) is 0 Å². The van der Waals surface area contributed by atoms with Gasteiger partial charge in [-0.1, -0.05) is 6.07 Å². The highest BCUT2D eigenvalue weighted by Gasteiger charge is 2.23. The summed E-state index contributed by atoms with van der Waals surface area (Å²) in [6, 6.07) is 5.76. The molecule has 1 fully saturated rings. The summed E-state index contributed by atoms with van der Waals surface area (Å²) < 4.78 is 10.2. The molecule has 2 N–H and O–H groups in total. The summed E-state index contributed by atoms with van der Waals surface area (Å²) in [7, 11) is 1.62. The van der Waals surface area contributed by atoms with E-state index in [1.54, 1.807) is 12.0 Å². The fraction of sp³-hybridized carbons (Fsp3) is 0.462. The molecular weight excluding hydrogens is 232 g/mol. The zero-order valence-corrected chi connectivity index (χ0v) is 10.7. The van der Waals surface area contributed by atoms with Crippen molar-refractivity contribution in [3.8, 4) is 5.75 Å². The van der Waals surface area contributed by atoms with Gasteiger partial charge in [-0.25, -0.2) is 4.79 Å². The first-order valence-corrected chi connectivity index (χ1v) is 5.96. The highest BCUT2D eigenvalue weighted by molar-refractivity contribution is 5.69. The van der Waals surface area contributed by atoms with Crippen LogP contribution in [0, 0.1) is 0 Å². The maximum Gasteiger partial charge on any atom is 0.410 e. The Hall–Kier alpha value is -1.75. The molecule has 1 aliphatic rings. The number of carbonyl (C=O) groups excluding carboxylic acids is 1. The number of cyclic esters (lactones) is 1. The smallest absolute Gasteiger partial charge is 0.410 e. The van der Waals surface area contributed by atoms with Crippen LogP contribution in [-0.2, 0) is 11.3 Å². The van der Waals surface area contributed by atoms with E-state index in [1.807, 2.05) is 25.1 Å². The Morgan fingerprint density at radius 3 is 2.89 bits per heavy atom. The lowest BCUT2D eigenvalue weighted by molar-refractivity contribution is 0.157. The van der Waals surface area contributed by atoms with Crippen molar-refractivity contribution in [1.29, 1.82) is 0 Å². The van der Waals surface area contributed by atoms with Crippen molar-refractivity contribution in [2.75, 3.05) is 20.3 Å². The van der Waals surface area contributed by atoms with Gasteiger partial charge in [0.2, 0.25) is 0 Å². The summed E-state index contributed by atoms with van der Waals surface area (Å²) in [6.07, 6.45) is -0.275. The molecule has 5 heteroatoms. The van der Waals surface area contributed by atoms with Gasteiger partial charge in [-0.05, 0) is 24.6 Å². The van der Waals surface area contributed by atoms with Gasteiger partial charge >= 0.3 is 6.09 Å². The molecule has 1 unspecified atom stereocenters. The molecule has 0 spiro atoms. The second-order valence-electron chi connectivity index (χ2n) is 4.40.